The van der Waals surface area contributed by atoms with E-state index in [2.05, 4.69) is 71.3 Å². The number of hydrogen-bond acceptors (Lipinski definition) is 6. The van der Waals surface area contributed by atoms with Crippen LogP contribution in [0.3, 0.4) is 0 Å². The number of aryl methyl sites for hydroxylation is 2. The normalized spacial score (nSPS) is 10.9. The smallest absolute Gasteiger partial charge is 0.177 e. The SMILES string of the molecule is Cc1nc2ncc(Br)cc2[nH]1.Cc1nc2ncc(Br)cc2n1Cc1cnccn1. The molecule has 0 radical (unpaired) electrons. The number of imidazole rings is 2. The molecular weight excluding hydrogens is 500 g/mol. The first-order valence-corrected chi connectivity index (χ1v) is 10.3. The molecule has 0 fully saturated rings. The van der Waals surface area contributed by atoms with Crippen LogP contribution in [-0.4, -0.2) is 39.5 Å². The number of rotatable bonds is 2. The quantitative estimate of drug-likeness (QED) is 0.375. The summed E-state index contributed by atoms with van der Waals surface area (Å²) >= 11 is 6.76. The van der Waals surface area contributed by atoms with Gasteiger partial charge in [0.05, 0.1) is 29.5 Å². The molecule has 5 heterocycles. The molecule has 0 unspecified atom stereocenters. The van der Waals surface area contributed by atoms with E-state index in [-0.39, 0.29) is 0 Å². The monoisotopic (exact) mass is 514 g/mol. The molecule has 0 aromatic carbocycles. The number of halogens is 2. The zero-order valence-electron chi connectivity index (χ0n) is 15.6. The lowest BCUT2D eigenvalue weighted by molar-refractivity contribution is 0.759. The average Bonchev–Trinajstić information content (AvgIpc) is 3.21. The van der Waals surface area contributed by atoms with Crippen LogP contribution in [0.15, 0.2) is 52.1 Å². The van der Waals surface area contributed by atoms with Gasteiger partial charge in [-0.3, -0.25) is 9.97 Å². The van der Waals surface area contributed by atoms with Gasteiger partial charge in [0.15, 0.2) is 11.3 Å². The molecule has 0 bridgehead atoms. The van der Waals surface area contributed by atoms with Crippen molar-refractivity contribution in [1.29, 1.82) is 0 Å². The third-order valence-electron chi connectivity index (χ3n) is 4.12. The molecule has 146 valence electrons. The Bertz CT molecular complexity index is 1280. The molecule has 0 aliphatic heterocycles. The van der Waals surface area contributed by atoms with Gasteiger partial charge in [0.2, 0.25) is 0 Å². The van der Waals surface area contributed by atoms with Crippen molar-refractivity contribution in [2.75, 3.05) is 0 Å². The number of nitrogens with zero attached hydrogens (tertiary/aromatic N) is 7. The van der Waals surface area contributed by atoms with Crippen LogP contribution in [0.25, 0.3) is 22.3 Å². The Morgan fingerprint density at radius 2 is 1.66 bits per heavy atom. The third kappa shape index (κ3) is 4.48. The Hall–Kier alpha value is -2.72. The van der Waals surface area contributed by atoms with E-state index in [0.717, 1.165) is 48.6 Å². The highest BCUT2D eigenvalue weighted by Gasteiger charge is 2.09. The van der Waals surface area contributed by atoms with E-state index in [1.165, 1.54) is 0 Å². The average molecular weight is 516 g/mol. The zero-order valence-corrected chi connectivity index (χ0v) is 18.8. The van der Waals surface area contributed by atoms with E-state index in [1.807, 2.05) is 26.0 Å². The van der Waals surface area contributed by atoms with Gasteiger partial charge in [0.1, 0.15) is 11.6 Å². The summed E-state index contributed by atoms with van der Waals surface area (Å²) in [7, 11) is 0. The number of nitrogens with one attached hydrogen (secondary N) is 1. The van der Waals surface area contributed by atoms with Crippen LogP contribution >= 0.6 is 31.9 Å². The Balaban J connectivity index is 0.000000159. The van der Waals surface area contributed by atoms with Crippen molar-refractivity contribution in [3.8, 4) is 0 Å². The maximum Gasteiger partial charge on any atom is 0.177 e. The van der Waals surface area contributed by atoms with Gasteiger partial charge in [-0.05, 0) is 57.8 Å². The summed E-state index contributed by atoms with van der Waals surface area (Å²) in [6.45, 7) is 4.52. The van der Waals surface area contributed by atoms with E-state index in [4.69, 9.17) is 0 Å². The molecule has 0 spiro atoms. The van der Waals surface area contributed by atoms with E-state index in [1.54, 1.807) is 31.0 Å². The van der Waals surface area contributed by atoms with Crippen molar-refractivity contribution in [3.05, 3.63) is 69.4 Å². The number of fused-ring (bicyclic) bond motifs is 2. The molecule has 10 heteroatoms. The summed E-state index contributed by atoms with van der Waals surface area (Å²) in [6.07, 6.45) is 8.61. The molecule has 8 nitrogen and oxygen atoms in total. The van der Waals surface area contributed by atoms with Crippen LogP contribution in [0.4, 0.5) is 0 Å². The predicted molar refractivity (Wildman–Crippen MR) is 117 cm³/mol. The second kappa shape index (κ2) is 8.34. The van der Waals surface area contributed by atoms with Gasteiger partial charge < -0.3 is 9.55 Å². The lowest BCUT2D eigenvalue weighted by Crippen LogP contribution is -2.04. The van der Waals surface area contributed by atoms with Crippen LogP contribution in [-0.2, 0) is 6.54 Å². The molecule has 0 aliphatic carbocycles. The summed E-state index contributed by atoms with van der Waals surface area (Å²) in [6, 6.07) is 3.97. The second-order valence-electron chi connectivity index (χ2n) is 6.29. The Morgan fingerprint density at radius 1 is 0.897 bits per heavy atom. The molecule has 0 amide bonds. The first kappa shape index (κ1) is 19.6. The highest BCUT2D eigenvalue weighted by molar-refractivity contribution is 9.10. The molecule has 0 atom stereocenters. The van der Waals surface area contributed by atoms with E-state index < -0.39 is 0 Å². The van der Waals surface area contributed by atoms with Crippen LogP contribution in [0.1, 0.15) is 17.3 Å². The number of pyridine rings is 2. The Labute approximate surface area is 183 Å². The van der Waals surface area contributed by atoms with E-state index in [9.17, 15) is 0 Å². The molecule has 1 N–H and O–H groups in total. The van der Waals surface area contributed by atoms with Crippen molar-refractivity contribution in [2.24, 2.45) is 0 Å². The minimum atomic E-state index is 0.647. The summed E-state index contributed by atoms with van der Waals surface area (Å²) in [5, 5.41) is 0. The van der Waals surface area contributed by atoms with Gasteiger partial charge >= 0.3 is 0 Å². The van der Waals surface area contributed by atoms with Crippen LogP contribution in [0.2, 0.25) is 0 Å². The Kier molecular flexibility index (Phi) is 5.63. The molecule has 0 saturated carbocycles. The van der Waals surface area contributed by atoms with E-state index >= 15 is 0 Å². The number of H-pyrrole nitrogens is 1. The Morgan fingerprint density at radius 3 is 2.41 bits per heavy atom. The van der Waals surface area contributed by atoms with Gasteiger partial charge in [-0.2, -0.15) is 0 Å². The van der Waals surface area contributed by atoms with Gasteiger partial charge in [-0.1, -0.05) is 0 Å². The molecular formula is C19H16Br2N8. The van der Waals surface area contributed by atoms with Crippen LogP contribution in [0.5, 0.6) is 0 Å². The lowest BCUT2D eigenvalue weighted by Gasteiger charge is -2.05. The largest absolute Gasteiger partial charge is 0.341 e. The van der Waals surface area contributed by atoms with Gasteiger partial charge in [0, 0.05) is 33.7 Å². The predicted octanol–water partition coefficient (Wildman–Crippen LogP) is 4.37. The van der Waals surface area contributed by atoms with Crippen molar-refractivity contribution in [3.63, 3.8) is 0 Å². The summed E-state index contributed by atoms with van der Waals surface area (Å²) in [5.41, 5.74) is 4.38. The van der Waals surface area contributed by atoms with Gasteiger partial charge in [-0.15, -0.1) is 0 Å². The zero-order chi connectivity index (χ0) is 20.4. The van der Waals surface area contributed by atoms with Crippen LogP contribution < -0.4 is 0 Å². The number of aromatic nitrogens is 8. The van der Waals surface area contributed by atoms with Crippen molar-refractivity contribution in [1.82, 2.24) is 39.5 Å². The second-order valence-corrected chi connectivity index (χ2v) is 8.12. The first-order valence-electron chi connectivity index (χ1n) is 8.71. The molecule has 5 aromatic rings. The third-order valence-corrected chi connectivity index (χ3v) is 4.99. The topological polar surface area (TPSA) is 98.1 Å². The minimum Gasteiger partial charge on any atom is -0.341 e. The fraction of sp³-hybridized carbons (Fsp3) is 0.158. The lowest BCUT2D eigenvalue weighted by atomic mass is 10.4. The van der Waals surface area contributed by atoms with Crippen molar-refractivity contribution >= 4 is 54.2 Å². The number of aromatic amines is 1. The maximum atomic E-state index is 4.43. The van der Waals surface area contributed by atoms with Gasteiger partial charge in [-0.25, -0.2) is 19.9 Å². The molecule has 0 saturated heterocycles. The molecule has 5 aromatic heterocycles. The fourth-order valence-corrected chi connectivity index (χ4v) is 3.51. The molecule has 29 heavy (non-hydrogen) atoms. The highest BCUT2D eigenvalue weighted by Crippen LogP contribution is 2.19. The van der Waals surface area contributed by atoms with Gasteiger partial charge in [0.25, 0.3) is 0 Å². The van der Waals surface area contributed by atoms with Crippen molar-refractivity contribution in [2.45, 2.75) is 20.4 Å². The number of hydrogen-bond donors (Lipinski definition) is 1. The van der Waals surface area contributed by atoms with Crippen LogP contribution in [0, 0.1) is 13.8 Å². The highest BCUT2D eigenvalue weighted by atomic mass is 79.9. The first-order chi connectivity index (χ1) is 14.0. The van der Waals surface area contributed by atoms with Crippen molar-refractivity contribution < 1.29 is 0 Å². The minimum absolute atomic E-state index is 0.647. The van der Waals surface area contributed by atoms with E-state index in [0.29, 0.717) is 6.54 Å². The molecule has 0 aliphatic rings. The summed E-state index contributed by atoms with van der Waals surface area (Å²) in [4.78, 5) is 28.4. The summed E-state index contributed by atoms with van der Waals surface area (Å²) < 4.78 is 3.99. The standard InChI is InChI=1S/C12H10BrN5.C7H6BrN3/c1-8-17-12-11(4-9(13)5-16-12)18(8)7-10-6-14-2-3-15-10;1-4-10-6-2-5(8)3-9-7(6)11-4/h2-6H,7H2,1H3;2-3H,1H3,(H,9,10,11). The molecule has 5 rings (SSSR count). The maximum absolute atomic E-state index is 4.43. The fourth-order valence-electron chi connectivity index (χ4n) is 2.86. The summed E-state index contributed by atoms with van der Waals surface area (Å²) in [5.74, 6) is 1.81.